The first-order chi connectivity index (χ1) is 16.5. The predicted octanol–water partition coefficient (Wildman–Crippen LogP) is 1.62. The van der Waals surface area contributed by atoms with Crippen LogP contribution in [0.1, 0.15) is 24.6 Å². The van der Waals surface area contributed by atoms with E-state index < -0.39 is 24.5 Å². The minimum absolute atomic E-state index is 0.00219. The van der Waals surface area contributed by atoms with Crippen molar-refractivity contribution >= 4 is 34.5 Å². The zero-order valence-electron chi connectivity index (χ0n) is 18.7. The number of imidazole rings is 1. The van der Waals surface area contributed by atoms with Crippen LogP contribution in [0.5, 0.6) is 0 Å². The van der Waals surface area contributed by atoms with Gasteiger partial charge in [-0.1, -0.05) is 30.3 Å². The highest BCUT2D eigenvalue weighted by molar-refractivity contribution is 6.28. The second-order valence-electron chi connectivity index (χ2n) is 8.80. The van der Waals surface area contributed by atoms with Gasteiger partial charge >= 0.3 is 0 Å². The molecule has 4 atom stereocenters. The van der Waals surface area contributed by atoms with Gasteiger partial charge in [-0.2, -0.15) is 9.97 Å². The van der Waals surface area contributed by atoms with Gasteiger partial charge in [0.25, 0.3) is 5.91 Å². The molecule has 2 aromatic heterocycles. The number of hydrogen-bond donors (Lipinski definition) is 3. The number of aliphatic hydroxyl groups is 2. The van der Waals surface area contributed by atoms with Crippen molar-refractivity contribution in [1.29, 1.82) is 0 Å². The van der Waals surface area contributed by atoms with Crippen molar-refractivity contribution < 1.29 is 19.7 Å². The molecule has 34 heavy (non-hydrogen) atoms. The quantitative estimate of drug-likeness (QED) is 0.464. The van der Waals surface area contributed by atoms with Crippen LogP contribution in [0.25, 0.3) is 11.2 Å². The smallest absolute Gasteiger partial charge is 0.254 e. The van der Waals surface area contributed by atoms with Gasteiger partial charge in [0, 0.05) is 20.1 Å². The van der Waals surface area contributed by atoms with E-state index in [0.717, 1.165) is 19.3 Å². The van der Waals surface area contributed by atoms with Gasteiger partial charge in [-0.3, -0.25) is 9.36 Å². The molecule has 0 aliphatic carbocycles. The molecule has 4 heterocycles. The number of amides is 1. The summed E-state index contributed by atoms with van der Waals surface area (Å²) in [6, 6.07) is 10.3. The molecule has 2 fully saturated rings. The zero-order valence-corrected chi connectivity index (χ0v) is 19.5. The summed E-state index contributed by atoms with van der Waals surface area (Å²) in [7, 11) is 1.68. The second kappa shape index (κ2) is 9.46. The number of ether oxygens (including phenoxy) is 1. The fourth-order valence-electron chi connectivity index (χ4n) is 4.83. The van der Waals surface area contributed by atoms with Crippen molar-refractivity contribution in [2.24, 2.45) is 5.92 Å². The van der Waals surface area contributed by atoms with Gasteiger partial charge in [0.2, 0.25) is 5.28 Å². The first-order valence-corrected chi connectivity index (χ1v) is 11.8. The van der Waals surface area contributed by atoms with Crippen LogP contribution >= 0.6 is 11.6 Å². The minimum atomic E-state index is -1.38. The monoisotopic (exact) mass is 486 g/mol. The minimum Gasteiger partial charge on any atom is -0.387 e. The van der Waals surface area contributed by atoms with E-state index in [1.54, 1.807) is 11.9 Å². The largest absolute Gasteiger partial charge is 0.387 e. The molecule has 3 N–H and O–H groups in total. The number of aromatic nitrogens is 4. The Morgan fingerprint density at radius 1 is 1.18 bits per heavy atom. The summed E-state index contributed by atoms with van der Waals surface area (Å²) in [5.41, 5.74) is 2.06. The van der Waals surface area contributed by atoms with Crippen molar-refractivity contribution in [1.82, 2.24) is 24.4 Å². The summed E-state index contributed by atoms with van der Waals surface area (Å²) in [6.07, 6.45) is -0.762. The van der Waals surface area contributed by atoms with Crippen molar-refractivity contribution in [3.05, 3.63) is 47.5 Å². The van der Waals surface area contributed by atoms with Crippen molar-refractivity contribution in [3.8, 4) is 0 Å². The average molecular weight is 487 g/mol. The molecule has 2 saturated heterocycles. The third-order valence-corrected chi connectivity index (χ3v) is 6.85. The standard InChI is InChI=1S/C23H27ClN6O4/c1-25-19-15-20(28-23(24)27-19)30(12-26-15)22-17(32)16(31)18(34-22)21(33)29-9-7-14(8-10-29)11-13-5-3-2-4-6-13/h2-6,12,14,16-18,22,31-32H,7-11H2,1H3,(H,25,27,28)/t16-,17+,18-,22+/m0/s1. The Bertz CT molecular complexity index is 1170. The third kappa shape index (κ3) is 4.22. The summed E-state index contributed by atoms with van der Waals surface area (Å²) in [5, 5.41) is 24.3. The van der Waals surface area contributed by atoms with E-state index in [1.807, 2.05) is 18.2 Å². The molecular weight excluding hydrogens is 460 g/mol. The summed E-state index contributed by atoms with van der Waals surface area (Å²) < 4.78 is 7.37. The highest BCUT2D eigenvalue weighted by Gasteiger charge is 2.49. The highest BCUT2D eigenvalue weighted by Crippen LogP contribution is 2.34. The van der Waals surface area contributed by atoms with E-state index in [2.05, 4.69) is 32.4 Å². The van der Waals surface area contributed by atoms with Gasteiger partial charge in [-0.05, 0) is 42.3 Å². The number of likely N-dealkylation sites (tertiary alicyclic amines) is 1. The van der Waals surface area contributed by atoms with E-state index in [0.29, 0.717) is 36.0 Å². The first-order valence-electron chi connectivity index (χ1n) is 11.4. The first kappa shape index (κ1) is 23.0. The van der Waals surface area contributed by atoms with Crippen molar-refractivity contribution in [2.75, 3.05) is 25.5 Å². The average Bonchev–Trinajstić information content (AvgIpc) is 3.40. The van der Waals surface area contributed by atoms with E-state index >= 15 is 0 Å². The Morgan fingerprint density at radius 3 is 2.62 bits per heavy atom. The number of carbonyl (C=O) groups excluding carboxylic acids is 1. The van der Waals surface area contributed by atoms with Crippen LogP contribution in [-0.4, -0.2) is 79.0 Å². The Hall–Kier alpha value is -2.79. The summed E-state index contributed by atoms with van der Waals surface area (Å²) in [6.45, 7) is 1.18. The number of hydrogen-bond acceptors (Lipinski definition) is 8. The molecule has 0 unspecified atom stereocenters. The number of fused-ring (bicyclic) bond motifs is 1. The lowest BCUT2D eigenvalue weighted by molar-refractivity contribution is -0.150. The molecule has 1 amide bonds. The molecule has 5 rings (SSSR count). The van der Waals surface area contributed by atoms with Crippen LogP contribution in [-0.2, 0) is 16.0 Å². The molecule has 180 valence electrons. The number of rotatable bonds is 5. The van der Waals surface area contributed by atoms with E-state index in [9.17, 15) is 15.0 Å². The Morgan fingerprint density at radius 2 is 1.91 bits per heavy atom. The van der Waals surface area contributed by atoms with Gasteiger partial charge in [0.05, 0.1) is 6.33 Å². The summed E-state index contributed by atoms with van der Waals surface area (Å²) in [4.78, 5) is 27.5. The molecule has 2 aliphatic heterocycles. The molecule has 3 aromatic rings. The Balaban J connectivity index is 1.27. The lowest BCUT2D eigenvalue weighted by Crippen LogP contribution is -2.48. The Labute approximate surface area is 201 Å². The van der Waals surface area contributed by atoms with Crippen LogP contribution in [0.15, 0.2) is 36.7 Å². The molecule has 0 radical (unpaired) electrons. The van der Waals surface area contributed by atoms with Crippen LogP contribution in [0.4, 0.5) is 5.82 Å². The van der Waals surface area contributed by atoms with Crippen LogP contribution in [0.2, 0.25) is 5.28 Å². The number of halogens is 1. The van der Waals surface area contributed by atoms with Crippen molar-refractivity contribution in [3.63, 3.8) is 0 Å². The number of piperidine rings is 1. The van der Waals surface area contributed by atoms with Gasteiger partial charge in [0.1, 0.15) is 12.2 Å². The normalized spacial score (nSPS) is 25.7. The highest BCUT2D eigenvalue weighted by atomic mass is 35.5. The summed E-state index contributed by atoms with van der Waals surface area (Å²) >= 11 is 6.03. The van der Waals surface area contributed by atoms with Crippen molar-refractivity contribution in [2.45, 2.75) is 43.8 Å². The molecule has 0 bridgehead atoms. The fourth-order valence-corrected chi connectivity index (χ4v) is 4.99. The summed E-state index contributed by atoms with van der Waals surface area (Å²) in [5.74, 6) is 0.607. The maximum atomic E-state index is 13.2. The maximum absolute atomic E-state index is 13.2. The molecule has 0 spiro atoms. The van der Waals surface area contributed by atoms with Crippen LogP contribution in [0, 0.1) is 5.92 Å². The van der Waals surface area contributed by atoms with Gasteiger partial charge in [-0.15, -0.1) is 0 Å². The van der Waals surface area contributed by atoms with E-state index in [4.69, 9.17) is 16.3 Å². The van der Waals surface area contributed by atoms with E-state index in [1.165, 1.54) is 16.5 Å². The molecule has 2 aliphatic rings. The van der Waals surface area contributed by atoms with Gasteiger partial charge < -0.3 is 25.2 Å². The maximum Gasteiger partial charge on any atom is 0.254 e. The number of nitrogens with one attached hydrogen (secondary N) is 1. The number of carbonyl (C=O) groups is 1. The zero-order chi connectivity index (χ0) is 23.8. The molecule has 0 saturated carbocycles. The van der Waals surface area contributed by atoms with Gasteiger partial charge in [-0.25, -0.2) is 4.98 Å². The number of anilines is 1. The second-order valence-corrected chi connectivity index (χ2v) is 9.14. The molecule has 11 heteroatoms. The number of aliphatic hydroxyl groups excluding tert-OH is 2. The lowest BCUT2D eigenvalue weighted by Gasteiger charge is -2.34. The topological polar surface area (TPSA) is 126 Å². The Kier molecular flexibility index (Phi) is 6.39. The number of nitrogens with zero attached hydrogens (tertiary/aromatic N) is 5. The lowest BCUT2D eigenvalue weighted by atomic mass is 9.90. The molecule has 1 aromatic carbocycles. The third-order valence-electron chi connectivity index (χ3n) is 6.68. The molecular formula is C23H27ClN6O4. The van der Waals surface area contributed by atoms with Gasteiger partial charge in [0.15, 0.2) is 29.3 Å². The van der Waals surface area contributed by atoms with Crippen LogP contribution < -0.4 is 5.32 Å². The van der Waals surface area contributed by atoms with Crippen LogP contribution in [0.3, 0.4) is 0 Å². The predicted molar refractivity (Wildman–Crippen MR) is 125 cm³/mol. The fraction of sp³-hybridized carbons (Fsp3) is 0.478. The SMILES string of the molecule is CNc1nc(Cl)nc2c1ncn2[C@@H]1O[C@H](C(=O)N2CCC(Cc3ccccc3)CC2)[C@@H](O)[C@H]1O. The molecule has 10 nitrogen and oxygen atoms in total. The number of benzene rings is 1. The van der Waals surface area contributed by atoms with E-state index in [-0.39, 0.29) is 11.2 Å².